The molecule has 13 heavy (non-hydrogen) atoms. The number of unbranched alkanes of at least 4 members (excludes halogenated alkanes) is 1. The molecule has 1 rings (SSSR count). The van der Waals surface area contributed by atoms with Crippen molar-refractivity contribution in [3.8, 4) is 0 Å². The summed E-state index contributed by atoms with van der Waals surface area (Å²) in [5.41, 5.74) is 0. The largest absolute Gasteiger partial charge is 0.310 e. The summed E-state index contributed by atoms with van der Waals surface area (Å²) in [6.07, 6.45) is 6.76. The summed E-state index contributed by atoms with van der Waals surface area (Å²) in [4.78, 5) is 0. The van der Waals surface area contributed by atoms with E-state index in [0.717, 1.165) is 12.1 Å². The number of nitrogens with one attached hydrogen (secondary N) is 1. The lowest BCUT2D eigenvalue weighted by Crippen LogP contribution is -2.37. The fraction of sp³-hybridized carbons (Fsp3) is 1.00. The molecule has 1 nitrogen and oxygen atoms in total. The molecule has 1 saturated heterocycles. The minimum atomic E-state index is 0.781. The maximum absolute atomic E-state index is 3.78. The first-order valence-electron chi connectivity index (χ1n) is 5.70. The number of rotatable bonds is 6. The fourth-order valence-electron chi connectivity index (χ4n) is 1.86. The monoisotopic (exact) mass is 201 g/mol. The predicted molar refractivity (Wildman–Crippen MR) is 62.5 cm³/mol. The molecule has 0 radical (unpaired) electrons. The predicted octanol–water partition coefficient (Wildman–Crippen LogP) is 3.05. The summed E-state index contributed by atoms with van der Waals surface area (Å²) in [7, 11) is 0. The van der Waals surface area contributed by atoms with Crippen molar-refractivity contribution >= 4 is 11.8 Å². The summed E-state index contributed by atoms with van der Waals surface area (Å²) in [6, 6.07) is 1.59. The quantitative estimate of drug-likeness (QED) is 0.709. The van der Waals surface area contributed by atoms with E-state index in [4.69, 9.17) is 0 Å². The van der Waals surface area contributed by atoms with Crippen LogP contribution in [-0.2, 0) is 0 Å². The normalized spacial score (nSPS) is 24.9. The standard InChI is InChI=1S/C11H23NS/c1-3-5-6-10(4-2)12-11-7-8-13-9-11/h10-12H,3-9H2,1-2H3. The number of hydrogen-bond donors (Lipinski definition) is 1. The Bertz CT molecular complexity index is 121. The van der Waals surface area contributed by atoms with Gasteiger partial charge in [-0.25, -0.2) is 0 Å². The van der Waals surface area contributed by atoms with Gasteiger partial charge in [0.1, 0.15) is 0 Å². The zero-order chi connectivity index (χ0) is 9.52. The van der Waals surface area contributed by atoms with Gasteiger partial charge >= 0.3 is 0 Å². The van der Waals surface area contributed by atoms with Gasteiger partial charge in [0.15, 0.2) is 0 Å². The summed E-state index contributed by atoms with van der Waals surface area (Å²) in [5.74, 6) is 2.70. The van der Waals surface area contributed by atoms with Gasteiger partial charge in [0, 0.05) is 17.8 Å². The third-order valence-electron chi connectivity index (χ3n) is 2.80. The Kier molecular flexibility index (Phi) is 5.88. The van der Waals surface area contributed by atoms with Crippen LogP contribution in [-0.4, -0.2) is 23.6 Å². The van der Waals surface area contributed by atoms with Crippen LogP contribution < -0.4 is 5.32 Å². The van der Waals surface area contributed by atoms with E-state index in [-0.39, 0.29) is 0 Å². The Balaban J connectivity index is 2.13. The number of hydrogen-bond acceptors (Lipinski definition) is 2. The van der Waals surface area contributed by atoms with Crippen LogP contribution in [0.15, 0.2) is 0 Å². The van der Waals surface area contributed by atoms with Crippen molar-refractivity contribution in [3.63, 3.8) is 0 Å². The molecule has 1 N–H and O–H groups in total. The molecule has 0 spiro atoms. The molecule has 0 bridgehead atoms. The highest BCUT2D eigenvalue weighted by atomic mass is 32.2. The molecule has 2 atom stereocenters. The summed E-state index contributed by atoms with van der Waals surface area (Å²) < 4.78 is 0. The molecule has 2 unspecified atom stereocenters. The molecule has 1 aliphatic heterocycles. The van der Waals surface area contributed by atoms with Gasteiger partial charge in [-0.3, -0.25) is 0 Å². The number of thioether (sulfide) groups is 1. The first-order chi connectivity index (χ1) is 6.36. The van der Waals surface area contributed by atoms with Gasteiger partial charge in [0.25, 0.3) is 0 Å². The van der Waals surface area contributed by atoms with Crippen molar-refractivity contribution in [2.75, 3.05) is 11.5 Å². The molecule has 2 heteroatoms. The molecule has 1 fully saturated rings. The Morgan fingerprint density at radius 3 is 2.85 bits per heavy atom. The summed E-state index contributed by atoms with van der Waals surface area (Å²) in [5, 5.41) is 3.78. The van der Waals surface area contributed by atoms with E-state index in [1.807, 2.05) is 0 Å². The van der Waals surface area contributed by atoms with Gasteiger partial charge in [-0.05, 0) is 25.0 Å². The average molecular weight is 201 g/mol. The smallest absolute Gasteiger partial charge is 0.0168 e. The second-order valence-corrected chi connectivity index (χ2v) is 5.12. The van der Waals surface area contributed by atoms with Crippen molar-refractivity contribution in [2.24, 2.45) is 0 Å². The Labute approximate surface area is 87.1 Å². The highest BCUT2D eigenvalue weighted by Crippen LogP contribution is 2.18. The van der Waals surface area contributed by atoms with E-state index in [0.29, 0.717) is 0 Å². The second-order valence-electron chi connectivity index (χ2n) is 3.97. The lowest BCUT2D eigenvalue weighted by molar-refractivity contribution is 0.407. The molecule has 0 saturated carbocycles. The van der Waals surface area contributed by atoms with E-state index in [9.17, 15) is 0 Å². The summed E-state index contributed by atoms with van der Waals surface area (Å²) >= 11 is 2.10. The van der Waals surface area contributed by atoms with E-state index in [1.165, 1.54) is 43.6 Å². The van der Waals surface area contributed by atoms with Crippen LogP contribution in [0.3, 0.4) is 0 Å². The summed E-state index contributed by atoms with van der Waals surface area (Å²) in [6.45, 7) is 4.58. The highest BCUT2D eigenvalue weighted by Gasteiger charge is 2.17. The SMILES string of the molecule is CCCCC(CC)NC1CCSC1. The lowest BCUT2D eigenvalue weighted by atomic mass is 10.1. The van der Waals surface area contributed by atoms with Gasteiger partial charge in [-0.15, -0.1) is 0 Å². The first kappa shape index (κ1) is 11.4. The second kappa shape index (κ2) is 6.72. The van der Waals surface area contributed by atoms with Crippen LogP contribution >= 0.6 is 11.8 Å². The molecule has 1 aliphatic rings. The molecule has 0 aromatic heterocycles. The van der Waals surface area contributed by atoms with Gasteiger partial charge in [-0.2, -0.15) is 11.8 Å². The molecule has 1 heterocycles. The van der Waals surface area contributed by atoms with Gasteiger partial charge < -0.3 is 5.32 Å². The minimum absolute atomic E-state index is 0.781. The van der Waals surface area contributed by atoms with Crippen LogP contribution in [0.5, 0.6) is 0 Å². The van der Waals surface area contributed by atoms with Crippen molar-refractivity contribution in [3.05, 3.63) is 0 Å². The van der Waals surface area contributed by atoms with Gasteiger partial charge in [-0.1, -0.05) is 26.7 Å². The zero-order valence-electron chi connectivity index (χ0n) is 9.01. The Hall–Kier alpha value is 0.310. The third-order valence-corrected chi connectivity index (χ3v) is 3.96. The first-order valence-corrected chi connectivity index (χ1v) is 6.86. The Morgan fingerprint density at radius 2 is 2.31 bits per heavy atom. The molecule has 78 valence electrons. The van der Waals surface area contributed by atoms with Crippen molar-refractivity contribution < 1.29 is 0 Å². The van der Waals surface area contributed by atoms with Gasteiger partial charge in [0.2, 0.25) is 0 Å². The maximum Gasteiger partial charge on any atom is 0.0168 e. The van der Waals surface area contributed by atoms with E-state index in [1.54, 1.807) is 0 Å². The van der Waals surface area contributed by atoms with E-state index < -0.39 is 0 Å². The molecule has 0 aromatic carbocycles. The minimum Gasteiger partial charge on any atom is -0.310 e. The molecule has 0 aromatic rings. The maximum atomic E-state index is 3.78. The van der Waals surface area contributed by atoms with Crippen LogP contribution in [0.2, 0.25) is 0 Å². The molecule has 0 amide bonds. The van der Waals surface area contributed by atoms with Crippen molar-refractivity contribution in [1.82, 2.24) is 5.32 Å². The van der Waals surface area contributed by atoms with Crippen LogP contribution in [0.25, 0.3) is 0 Å². The van der Waals surface area contributed by atoms with Gasteiger partial charge in [0.05, 0.1) is 0 Å². The highest BCUT2D eigenvalue weighted by molar-refractivity contribution is 7.99. The third kappa shape index (κ3) is 4.37. The van der Waals surface area contributed by atoms with Crippen molar-refractivity contribution in [1.29, 1.82) is 0 Å². The Morgan fingerprint density at radius 1 is 1.46 bits per heavy atom. The van der Waals surface area contributed by atoms with E-state index >= 15 is 0 Å². The molecule has 0 aliphatic carbocycles. The zero-order valence-corrected chi connectivity index (χ0v) is 9.83. The van der Waals surface area contributed by atoms with E-state index in [2.05, 4.69) is 30.9 Å². The lowest BCUT2D eigenvalue weighted by Gasteiger charge is -2.21. The average Bonchev–Trinajstić information content (AvgIpc) is 2.64. The van der Waals surface area contributed by atoms with Crippen LogP contribution in [0.4, 0.5) is 0 Å². The topological polar surface area (TPSA) is 12.0 Å². The fourth-order valence-corrected chi connectivity index (χ4v) is 3.02. The van der Waals surface area contributed by atoms with Crippen molar-refractivity contribution in [2.45, 2.75) is 58.0 Å². The molecular formula is C11H23NS. The molecular weight excluding hydrogens is 178 g/mol. The van der Waals surface area contributed by atoms with Crippen LogP contribution in [0.1, 0.15) is 46.0 Å². The van der Waals surface area contributed by atoms with Crippen LogP contribution in [0, 0.1) is 0 Å².